The van der Waals surface area contributed by atoms with Gasteiger partial charge in [-0.1, -0.05) is 20.8 Å². The highest BCUT2D eigenvalue weighted by atomic mass is 16.1. The molecule has 1 fully saturated rings. The fraction of sp³-hybridized carbons (Fsp3) is 0.933. The Morgan fingerprint density at radius 3 is 2.37 bits per heavy atom. The molecule has 0 saturated heterocycles. The lowest BCUT2D eigenvalue weighted by Gasteiger charge is -2.34. The van der Waals surface area contributed by atoms with Crippen molar-refractivity contribution in [1.29, 1.82) is 0 Å². The highest BCUT2D eigenvalue weighted by Gasteiger charge is 2.23. The monoisotopic (exact) mass is 269 g/mol. The summed E-state index contributed by atoms with van der Waals surface area (Å²) in [6.07, 6.45) is 6.04. The van der Waals surface area contributed by atoms with Gasteiger partial charge in [0.2, 0.25) is 5.91 Å². The van der Waals surface area contributed by atoms with Gasteiger partial charge in [-0.15, -0.1) is 0 Å². The van der Waals surface area contributed by atoms with E-state index in [-0.39, 0.29) is 11.9 Å². The third-order valence-electron chi connectivity index (χ3n) is 4.26. The van der Waals surface area contributed by atoms with Crippen molar-refractivity contribution in [1.82, 2.24) is 10.2 Å². The Kier molecular flexibility index (Phi) is 6.80. The molecule has 1 aliphatic carbocycles. The number of amides is 1. The van der Waals surface area contributed by atoms with E-state index in [9.17, 15) is 4.79 Å². The number of carbonyl (C=O) groups is 1. The van der Waals surface area contributed by atoms with E-state index in [0.29, 0.717) is 12.1 Å². The summed E-state index contributed by atoms with van der Waals surface area (Å²) >= 11 is 0. The maximum absolute atomic E-state index is 11.4. The Hall–Kier alpha value is -0.610. The standard InChI is InChI=1S/C15H31N3O/c1-11(2)17-14(15(16)19)9-10-18(4)13-7-5-12(3)6-8-13/h11-14,17H,5-10H2,1-4H3,(H2,16,19). The van der Waals surface area contributed by atoms with Crippen molar-refractivity contribution in [3.8, 4) is 0 Å². The highest BCUT2D eigenvalue weighted by molar-refractivity contribution is 5.79. The quantitative estimate of drug-likeness (QED) is 0.740. The van der Waals surface area contributed by atoms with E-state index in [2.05, 4.69) is 24.2 Å². The van der Waals surface area contributed by atoms with Crippen LogP contribution < -0.4 is 11.1 Å². The van der Waals surface area contributed by atoms with Crippen LogP contribution in [0.25, 0.3) is 0 Å². The van der Waals surface area contributed by atoms with Crippen molar-refractivity contribution in [2.24, 2.45) is 11.7 Å². The molecule has 1 unspecified atom stereocenters. The Balaban J connectivity index is 2.34. The van der Waals surface area contributed by atoms with Crippen LogP contribution in [-0.4, -0.2) is 42.5 Å². The van der Waals surface area contributed by atoms with E-state index >= 15 is 0 Å². The molecule has 0 heterocycles. The summed E-state index contributed by atoms with van der Waals surface area (Å²) in [6.45, 7) is 7.36. The van der Waals surface area contributed by atoms with Crippen LogP contribution in [0.1, 0.15) is 52.9 Å². The fourth-order valence-electron chi connectivity index (χ4n) is 2.91. The van der Waals surface area contributed by atoms with E-state index in [0.717, 1.165) is 18.9 Å². The molecule has 0 aromatic heterocycles. The van der Waals surface area contributed by atoms with Crippen molar-refractivity contribution in [2.75, 3.05) is 13.6 Å². The Labute approximate surface area is 118 Å². The second kappa shape index (κ2) is 7.85. The maximum Gasteiger partial charge on any atom is 0.234 e. The molecular weight excluding hydrogens is 238 g/mol. The molecule has 0 bridgehead atoms. The molecule has 112 valence electrons. The van der Waals surface area contributed by atoms with Gasteiger partial charge in [0.15, 0.2) is 0 Å². The molecule has 1 amide bonds. The second-order valence-corrected chi connectivity index (χ2v) is 6.46. The summed E-state index contributed by atoms with van der Waals surface area (Å²) in [6, 6.07) is 0.770. The Bertz CT molecular complexity index is 273. The minimum Gasteiger partial charge on any atom is -0.368 e. The minimum absolute atomic E-state index is 0.204. The molecule has 0 spiro atoms. The summed E-state index contributed by atoms with van der Waals surface area (Å²) in [5, 5.41) is 3.24. The van der Waals surface area contributed by atoms with Crippen LogP contribution >= 0.6 is 0 Å². The first kappa shape index (κ1) is 16.4. The van der Waals surface area contributed by atoms with Gasteiger partial charge in [0, 0.05) is 18.6 Å². The van der Waals surface area contributed by atoms with E-state index in [1.807, 2.05) is 13.8 Å². The first-order chi connectivity index (χ1) is 8.90. The number of nitrogens with zero attached hydrogens (tertiary/aromatic N) is 1. The maximum atomic E-state index is 11.4. The van der Waals surface area contributed by atoms with Crippen molar-refractivity contribution >= 4 is 5.91 Å². The largest absolute Gasteiger partial charge is 0.368 e. The fourth-order valence-corrected chi connectivity index (χ4v) is 2.91. The van der Waals surface area contributed by atoms with Gasteiger partial charge in [-0.05, 0) is 45.1 Å². The van der Waals surface area contributed by atoms with Crippen molar-refractivity contribution in [2.45, 2.75) is 71.0 Å². The van der Waals surface area contributed by atoms with Gasteiger partial charge >= 0.3 is 0 Å². The zero-order chi connectivity index (χ0) is 14.4. The molecule has 4 nitrogen and oxygen atoms in total. The van der Waals surface area contributed by atoms with E-state index in [4.69, 9.17) is 5.73 Å². The third kappa shape index (κ3) is 5.91. The zero-order valence-electron chi connectivity index (χ0n) is 13.0. The lowest BCUT2D eigenvalue weighted by atomic mass is 9.86. The molecule has 0 aliphatic heterocycles. The van der Waals surface area contributed by atoms with Gasteiger partial charge in [0.05, 0.1) is 6.04 Å². The molecule has 19 heavy (non-hydrogen) atoms. The minimum atomic E-state index is -0.237. The number of carbonyl (C=O) groups excluding carboxylic acids is 1. The summed E-state index contributed by atoms with van der Waals surface area (Å²) in [4.78, 5) is 13.8. The third-order valence-corrected chi connectivity index (χ3v) is 4.26. The van der Waals surface area contributed by atoms with E-state index < -0.39 is 0 Å². The molecule has 1 aliphatic rings. The number of nitrogens with one attached hydrogen (secondary N) is 1. The molecule has 0 radical (unpaired) electrons. The first-order valence-corrected chi connectivity index (χ1v) is 7.65. The first-order valence-electron chi connectivity index (χ1n) is 7.65. The molecule has 1 atom stereocenters. The summed E-state index contributed by atoms with van der Waals surface area (Å²) in [7, 11) is 2.17. The van der Waals surface area contributed by atoms with Crippen LogP contribution in [0, 0.1) is 5.92 Å². The molecular formula is C15H31N3O. The van der Waals surface area contributed by atoms with Crippen LogP contribution in [0.2, 0.25) is 0 Å². The van der Waals surface area contributed by atoms with Crippen LogP contribution in [0.15, 0.2) is 0 Å². The highest BCUT2D eigenvalue weighted by Crippen LogP contribution is 2.26. The van der Waals surface area contributed by atoms with E-state index in [1.165, 1.54) is 25.7 Å². The van der Waals surface area contributed by atoms with Gasteiger partial charge in [-0.25, -0.2) is 0 Å². The zero-order valence-corrected chi connectivity index (χ0v) is 13.0. The van der Waals surface area contributed by atoms with Crippen LogP contribution in [-0.2, 0) is 4.79 Å². The number of hydrogen-bond donors (Lipinski definition) is 2. The van der Waals surface area contributed by atoms with Crippen LogP contribution in [0.5, 0.6) is 0 Å². The Morgan fingerprint density at radius 1 is 1.32 bits per heavy atom. The number of rotatable bonds is 7. The predicted molar refractivity (Wildman–Crippen MR) is 79.9 cm³/mol. The van der Waals surface area contributed by atoms with Crippen LogP contribution in [0.4, 0.5) is 0 Å². The molecule has 4 heteroatoms. The summed E-state index contributed by atoms with van der Waals surface area (Å²) in [5.41, 5.74) is 5.45. The van der Waals surface area contributed by atoms with Gasteiger partial charge in [-0.3, -0.25) is 4.79 Å². The molecule has 1 saturated carbocycles. The van der Waals surface area contributed by atoms with Crippen molar-refractivity contribution < 1.29 is 4.79 Å². The average molecular weight is 269 g/mol. The SMILES string of the molecule is CC1CCC(N(C)CCC(NC(C)C)C(N)=O)CC1. The van der Waals surface area contributed by atoms with E-state index in [1.54, 1.807) is 0 Å². The molecule has 0 aromatic rings. The second-order valence-electron chi connectivity index (χ2n) is 6.46. The molecule has 3 N–H and O–H groups in total. The number of hydrogen-bond acceptors (Lipinski definition) is 3. The predicted octanol–water partition coefficient (Wildman–Crippen LogP) is 1.74. The Morgan fingerprint density at radius 2 is 1.89 bits per heavy atom. The lowest BCUT2D eigenvalue weighted by Crippen LogP contribution is -2.47. The number of primary amides is 1. The molecule has 1 rings (SSSR count). The summed E-state index contributed by atoms with van der Waals surface area (Å²) in [5.74, 6) is 0.644. The van der Waals surface area contributed by atoms with Crippen molar-refractivity contribution in [3.63, 3.8) is 0 Å². The van der Waals surface area contributed by atoms with Crippen LogP contribution in [0.3, 0.4) is 0 Å². The normalized spacial score (nSPS) is 25.8. The van der Waals surface area contributed by atoms with Gasteiger partial charge in [-0.2, -0.15) is 0 Å². The van der Waals surface area contributed by atoms with Gasteiger partial charge in [0.1, 0.15) is 0 Å². The smallest absolute Gasteiger partial charge is 0.234 e. The van der Waals surface area contributed by atoms with Gasteiger partial charge in [0.25, 0.3) is 0 Å². The van der Waals surface area contributed by atoms with Gasteiger partial charge < -0.3 is 16.0 Å². The summed E-state index contributed by atoms with van der Waals surface area (Å²) < 4.78 is 0. The average Bonchev–Trinajstić information content (AvgIpc) is 2.34. The topological polar surface area (TPSA) is 58.4 Å². The number of nitrogens with two attached hydrogens (primary N) is 1. The molecule has 0 aromatic carbocycles. The van der Waals surface area contributed by atoms with Crippen molar-refractivity contribution in [3.05, 3.63) is 0 Å². The lowest BCUT2D eigenvalue weighted by molar-refractivity contribution is -0.120.